The van der Waals surface area contributed by atoms with Crippen LogP contribution in [0.25, 0.3) is 0 Å². The Bertz CT molecular complexity index is 729. The van der Waals surface area contributed by atoms with E-state index in [1.54, 1.807) is 7.11 Å². The molecule has 0 aliphatic carbocycles. The molecule has 1 aromatic heterocycles. The van der Waals surface area contributed by atoms with E-state index < -0.39 is 0 Å². The van der Waals surface area contributed by atoms with Gasteiger partial charge in [0, 0.05) is 38.6 Å². The summed E-state index contributed by atoms with van der Waals surface area (Å²) in [4.78, 5) is 8.93. The molecule has 0 aliphatic rings. The summed E-state index contributed by atoms with van der Waals surface area (Å²) in [5, 5.41) is 6.73. The molecule has 0 unspecified atom stereocenters. The van der Waals surface area contributed by atoms with Gasteiger partial charge in [-0.15, -0.1) is 24.0 Å². The Morgan fingerprint density at radius 3 is 2.71 bits per heavy atom. The molecule has 6 nitrogen and oxygen atoms in total. The molecule has 0 aliphatic heterocycles. The molecule has 0 amide bonds. The summed E-state index contributed by atoms with van der Waals surface area (Å²) in [5.74, 6) is 2.90. The predicted molar refractivity (Wildman–Crippen MR) is 127 cm³/mol. The molecule has 0 radical (unpaired) electrons. The summed E-state index contributed by atoms with van der Waals surface area (Å²) in [6.07, 6.45) is 6.97. The Balaban J connectivity index is 0.00000392. The zero-order valence-corrected chi connectivity index (χ0v) is 19.8. The van der Waals surface area contributed by atoms with Crippen molar-refractivity contribution in [3.8, 4) is 5.75 Å². The molecule has 1 heterocycles. The topological polar surface area (TPSA) is 63.5 Å². The Labute approximate surface area is 186 Å². The molecule has 156 valence electrons. The monoisotopic (exact) mass is 499 g/mol. The zero-order chi connectivity index (χ0) is 19.5. The third kappa shape index (κ3) is 8.08. The molecule has 2 aromatic rings. The fourth-order valence-electron chi connectivity index (χ4n) is 2.91. The number of hydrogen-bond donors (Lipinski definition) is 2. The van der Waals surface area contributed by atoms with Crippen LogP contribution >= 0.6 is 24.0 Å². The van der Waals surface area contributed by atoms with Crippen molar-refractivity contribution in [3.05, 3.63) is 47.5 Å². The first-order valence-electron chi connectivity index (χ1n) is 9.77. The van der Waals surface area contributed by atoms with Crippen molar-refractivity contribution in [3.63, 3.8) is 0 Å². The van der Waals surface area contributed by atoms with Crippen molar-refractivity contribution in [2.45, 2.75) is 46.6 Å². The number of rotatable bonds is 10. The maximum Gasteiger partial charge on any atom is 0.191 e. The van der Waals surface area contributed by atoms with Crippen LogP contribution in [0, 0.1) is 13.8 Å². The summed E-state index contributed by atoms with van der Waals surface area (Å²) < 4.78 is 7.58. The number of halogens is 1. The van der Waals surface area contributed by atoms with Crippen molar-refractivity contribution in [2.75, 3.05) is 26.7 Å². The molecule has 2 rings (SSSR count). The summed E-state index contributed by atoms with van der Waals surface area (Å²) in [5.41, 5.74) is 2.42. The first-order valence-corrected chi connectivity index (χ1v) is 9.77. The van der Waals surface area contributed by atoms with E-state index in [1.165, 1.54) is 5.56 Å². The van der Waals surface area contributed by atoms with E-state index in [2.05, 4.69) is 57.2 Å². The molecule has 28 heavy (non-hydrogen) atoms. The average molecular weight is 499 g/mol. The highest BCUT2D eigenvalue weighted by molar-refractivity contribution is 14.0. The van der Waals surface area contributed by atoms with Gasteiger partial charge in [0.2, 0.25) is 0 Å². The van der Waals surface area contributed by atoms with Crippen molar-refractivity contribution < 1.29 is 4.74 Å². The lowest BCUT2D eigenvalue weighted by molar-refractivity contribution is 0.411. The highest BCUT2D eigenvalue weighted by atomic mass is 127. The molecule has 0 saturated heterocycles. The standard InChI is InChI=1S/C21H33N5O.HI/c1-5-22-21(24-11-6-7-14-26-15-13-23-18(26)3)25-12-10-19-9-8-17(2)20(16-19)27-4;/h8-9,13,15-16H,5-7,10-12,14H2,1-4H3,(H2,22,24,25);1H. The van der Waals surface area contributed by atoms with E-state index in [1.807, 2.05) is 19.3 Å². The van der Waals surface area contributed by atoms with Crippen LogP contribution in [0.2, 0.25) is 0 Å². The minimum absolute atomic E-state index is 0. The Morgan fingerprint density at radius 1 is 1.21 bits per heavy atom. The van der Waals surface area contributed by atoms with Gasteiger partial charge in [-0.05, 0) is 57.2 Å². The molecule has 0 atom stereocenters. The number of aliphatic imine (C=N–C) groups is 1. The fraction of sp³-hybridized carbons (Fsp3) is 0.524. The number of aryl methyl sites for hydroxylation is 3. The van der Waals surface area contributed by atoms with E-state index in [9.17, 15) is 0 Å². The zero-order valence-electron chi connectivity index (χ0n) is 17.5. The first kappa shape index (κ1) is 24.3. The maximum absolute atomic E-state index is 5.40. The molecule has 0 saturated carbocycles. The second-order valence-electron chi connectivity index (χ2n) is 6.62. The minimum Gasteiger partial charge on any atom is -0.496 e. The van der Waals surface area contributed by atoms with Gasteiger partial charge in [-0.2, -0.15) is 0 Å². The Hall–Kier alpha value is -1.77. The summed E-state index contributed by atoms with van der Waals surface area (Å²) in [7, 11) is 1.72. The molecule has 1 aromatic carbocycles. The smallest absolute Gasteiger partial charge is 0.191 e. The number of ether oxygens (including phenoxy) is 1. The lowest BCUT2D eigenvalue weighted by Gasteiger charge is -2.12. The van der Waals surface area contributed by atoms with E-state index in [4.69, 9.17) is 4.74 Å². The van der Waals surface area contributed by atoms with Gasteiger partial charge in [0.1, 0.15) is 11.6 Å². The minimum atomic E-state index is 0. The van der Waals surface area contributed by atoms with Crippen LogP contribution < -0.4 is 15.4 Å². The van der Waals surface area contributed by atoms with Gasteiger partial charge in [-0.25, -0.2) is 4.98 Å². The number of unbranched alkanes of at least 4 members (excludes halogenated alkanes) is 1. The van der Waals surface area contributed by atoms with Gasteiger partial charge in [0.25, 0.3) is 0 Å². The SMILES string of the molecule is CCNC(=NCCCCn1ccnc1C)NCCc1ccc(C)c(OC)c1.I. The lowest BCUT2D eigenvalue weighted by Crippen LogP contribution is -2.38. The number of nitrogens with one attached hydrogen (secondary N) is 2. The maximum atomic E-state index is 5.40. The summed E-state index contributed by atoms with van der Waals surface area (Å²) >= 11 is 0. The van der Waals surface area contributed by atoms with E-state index in [-0.39, 0.29) is 24.0 Å². The van der Waals surface area contributed by atoms with Crippen LogP contribution in [0.15, 0.2) is 35.6 Å². The van der Waals surface area contributed by atoms with E-state index in [0.717, 1.165) is 68.5 Å². The van der Waals surface area contributed by atoms with Crippen molar-refractivity contribution >= 4 is 29.9 Å². The van der Waals surface area contributed by atoms with E-state index in [0.29, 0.717) is 0 Å². The van der Waals surface area contributed by atoms with Crippen LogP contribution in [0.3, 0.4) is 0 Å². The largest absolute Gasteiger partial charge is 0.496 e. The number of benzene rings is 1. The second kappa shape index (κ2) is 13.4. The second-order valence-corrected chi connectivity index (χ2v) is 6.62. The number of imidazole rings is 1. The van der Waals surface area contributed by atoms with Gasteiger partial charge in [0.05, 0.1) is 7.11 Å². The number of aromatic nitrogens is 2. The average Bonchev–Trinajstić information content (AvgIpc) is 3.07. The number of methoxy groups -OCH3 is 1. The van der Waals surface area contributed by atoms with Crippen LogP contribution in [-0.4, -0.2) is 42.3 Å². The lowest BCUT2D eigenvalue weighted by atomic mass is 10.1. The van der Waals surface area contributed by atoms with Gasteiger partial charge in [0.15, 0.2) is 5.96 Å². The molecule has 7 heteroatoms. The number of guanidine groups is 1. The first-order chi connectivity index (χ1) is 13.1. The molecular weight excluding hydrogens is 465 g/mol. The third-order valence-electron chi connectivity index (χ3n) is 4.52. The quantitative estimate of drug-likeness (QED) is 0.227. The van der Waals surface area contributed by atoms with Crippen LogP contribution in [0.4, 0.5) is 0 Å². The van der Waals surface area contributed by atoms with Crippen molar-refractivity contribution in [2.24, 2.45) is 4.99 Å². The van der Waals surface area contributed by atoms with Gasteiger partial charge in [-0.3, -0.25) is 4.99 Å². The van der Waals surface area contributed by atoms with Gasteiger partial charge < -0.3 is 19.9 Å². The van der Waals surface area contributed by atoms with Crippen LogP contribution in [-0.2, 0) is 13.0 Å². The van der Waals surface area contributed by atoms with Crippen molar-refractivity contribution in [1.29, 1.82) is 0 Å². The molecular formula is C21H34IN5O. The Morgan fingerprint density at radius 2 is 2.04 bits per heavy atom. The summed E-state index contributed by atoms with van der Waals surface area (Å²) in [6, 6.07) is 6.37. The van der Waals surface area contributed by atoms with Crippen molar-refractivity contribution in [1.82, 2.24) is 20.2 Å². The molecule has 0 bridgehead atoms. The van der Waals surface area contributed by atoms with E-state index >= 15 is 0 Å². The molecule has 0 spiro atoms. The Kier molecular flexibility index (Phi) is 11.6. The number of hydrogen-bond acceptors (Lipinski definition) is 3. The van der Waals surface area contributed by atoms with Gasteiger partial charge >= 0.3 is 0 Å². The summed E-state index contributed by atoms with van der Waals surface area (Å²) in [6.45, 7) is 9.70. The molecule has 2 N–H and O–H groups in total. The third-order valence-corrected chi connectivity index (χ3v) is 4.52. The molecule has 0 fully saturated rings. The predicted octanol–water partition coefficient (Wildman–Crippen LogP) is 3.70. The fourth-order valence-corrected chi connectivity index (χ4v) is 2.91. The van der Waals surface area contributed by atoms with Crippen LogP contribution in [0.5, 0.6) is 5.75 Å². The van der Waals surface area contributed by atoms with Crippen LogP contribution in [0.1, 0.15) is 36.7 Å². The van der Waals surface area contributed by atoms with Gasteiger partial charge in [-0.1, -0.05) is 12.1 Å². The highest BCUT2D eigenvalue weighted by Crippen LogP contribution is 2.18. The normalized spacial score (nSPS) is 11.1. The highest BCUT2D eigenvalue weighted by Gasteiger charge is 2.02. The number of nitrogens with zero attached hydrogens (tertiary/aromatic N) is 3.